The fourth-order valence-electron chi connectivity index (χ4n) is 1.60. The number of hydrogen-bond acceptors (Lipinski definition) is 4. The minimum atomic E-state index is 0.0769. The van der Waals surface area contributed by atoms with E-state index in [0.29, 0.717) is 18.9 Å². The van der Waals surface area contributed by atoms with Crippen LogP contribution < -0.4 is 5.32 Å². The zero-order valence-corrected chi connectivity index (χ0v) is 10.4. The van der Waals surface area contributed by atoms with Crippen LogP contribution in [0.4, 0.5) is 0 Å². The van der Waals surface area contributed by atoms with Crippen molar-refractivity contribution >= 4 is 5.91 Å². The molecular weight excluding hydrogens is 218 g/mol. The predicted octanol–water partition coefficient (Wildman–Crippen LogP) is 0.0711. The fourth-order valence-corrected chi connectivity index (χ4v) is 1.60. The van der Waals surface area contributed by atoms with Gasteiger partial charge in [-0.1, -0.05) is 0 Å². The van der Waals surface area contributed by atoms with Crippen LogP contribution in [-0.2, 0) is 11.3 Å². The topological polar surface area (TPSA) is 73.9 Å². The molecule has 2 N–H and O–H groups in total. The number of aryl methyl sites for hydroxylation is 1. The molecule has 1 fully saturated rings. The van der Waals surface area contributed by atoms with Gasteiger partial charge in [0.05, 0.1) is 13.1 Å². The molecule has 1 amide bonds. The zero-order chi connectivity index (χ0) is 12.3. The average Bonchev–Trinajstić information content (AvgIpc) is 3.02. The van der Waals surface area contributed by atoms with Crippen molar-refractivity contribution in [2.24, 2.45) is 5.92 Å². The number of hydrogen-bond donors (Lipinski definition) is 2. The van der Waals surface area contributed by atoms with Gasteiger partial charge in [-0.15, -0.1) is 0 Å². The van der Waals surface area contributed by atoms with Gasteiger partial charge in [0.25, 0.3) is 0 Å². The Morgan fingerprint density at radius 3 is 2.94 bits per heavy atom. The number of aromatic amines is 1. The van der Waals surface area contributed by atoms with Crippen LogP contribution in [0.3, 0.4) is 0 Å². The van der Waals surface area contributed by atoms with Crippen molar-refractivity contribution < 1.29 is 4.79 Å². The van der Waals surface area contributed by atoms with Crippen molar-refractivity contribution in [3.8, 4) is 0 Å². The lowest BCUT2D eigenvalue weighted by molar-refractivity contribution is -0.129. The summed E-state index contributed by atoms with van der Waals surface area (Å²) in [6.45, 7) is 3.65. The van der Waals surface area contributed by atoms with E-state index in [4.69, 9.17) is 0 Å². The molecule has 1 aromatic rings. The maximum Gasteiger partial charge on any atom is 0.236 e. The first kappa shape index (κ1) is 12.0. The number of carbonyl (C=O) groups is 1. The standard InChI is InChI=1S/C11H19N5O/c1-8-13-10(15-14-8)7-16(2)11(17)6-12-5-9-3-4-9/h9,12H,3-7H2,1-2H3,(H,13,14,15). The molecule has 0 bridgehead atoms. The molecule has 2 rings (SSSR count). The third kappa shape index (κ3) is 3.81. The summed E-state index contributed by atoms with van der Waals surface area (Å²) in [6, 6.07) is 0. The van der Waals surface area contributed by atoms with E-state index in [1.807, 2.05) is 6.92 Å². The molecule has 6 heteroatoms. The van der Waals surface area contributed by atoms with E-state index < -0.39 is 0 Å². The number of rotatable bonds is 6. The van der Waals surface area contributed by atoms with E-state index in [1.165, 1.54) is 12.8 Å². The van der Waals surface area contributed by atoms with Gasteiger partial charge in [0.2, 0.25) is 5.91 Å². The van der Waals surface area contributed by atoms with Gasteiger partial charge in [-0.3, -0.25) is 9.89 Å². The van der Waals surface area contributed by atoms with Crippen LogP contribution in [0.2, 0.25) is 0 Å². The van der Waals surface area contributed by atoms with Gasteiger partial charge in [0.15, 0.2) is 5.82 Å². The van der Waals surface area contributed by atoms with E-state index in [-0.39, 0.29) is 5.91 Å². The molecule has 0 radical (unpaired) electrons. The van der Waals surface area contributed by atoms with Gasteiger partial charge >= 0.3 is 0 Å². The number of likely N-dealkylation sites (N-methyl/N-ethyl adjacent to an activating group) is 1. The number of nitrogens with one attached hydrogen (secondary N) is 2. The van der Waals surface area contributed by atoms with Crippen LogP contribution >= 0.6 is 0 Å². The predicted molar refractivity (Wildman–Crippen MR) is 63.2 cm³/mol. The summed E-state index contributed by atoms with van der Waals surface area (Å²) in [7, 11) is 1.77. The maximum atomic E-state index is 11.8. The van der Waals surface area contributed by atoms with E-state index in [0.717, 1.165) is 18.3 Å². The summed E-state index contributed by atoms with van der Waals surface area (Å²) in [5.41, 5.74) is 0. The third-order valence-corrected chi connectivity index (χ3v) is 2.85. The van der Waals surface area contributed by atoms with Crippen molar-refractivity contribution in [1.29, 1.82) is 0 Å². The molecule has 0 aliphatic heterocycles. The van der Waals surface area contributed by atoms with Crippen molar-refractivity contribution in [3.05, 3.63) is 11.6 Å². The van der Waals surface area contributed by atoms with Crippen molar-refractivity contribution in [2.75, 3.05) is 20.1 Å². The minimum absolute atomic E-state index is 0.0769. The van der Waals surface area contributed by atoms with E-state index in [2.05, 4.69) is 20.5 Å². The monoisotopic (exact) mass is 237 g/mol. The highest BCUT2D eigenvalue weighted by Gasteiger charge is 2.21. The minimum Gasteiger partial charge on any atom is -0.337 e. The van der Waals surface area contributed by atoms with Gasteiger partial charge in [0.1, 0.15) is 5.82 Å². The normalized spacial score (nSPS) is 14.9. The van der Waals surface area contributed by atoms with Gasteiger partial charge in [-0.25, -0.2) is 4.98 Å². The summed E-state index contributed by atoms with van der Waals surface area (Å²) in [5, 5.41) is 9.95. The first-order valence-electron chi connectivity index (χ1n) is 5.97. The summed E-state index contributed by atoms with van der Waals surface area (Å²) in [5.74, 6) is 2.30. The summed E-state index contributed by atoms with van der Waals surface area (Å²) in [4.78, 5) is 17.6. The smallest absolute Gasteiger partial charge is 0.236 e. The largest absolute Gasteiger partial charge is 0.337 e. The van der Waals surface area contributed by atoms with Gasteiger partial charge in [-0.2, -0.15) is 5.10 Å². The second-order valence-electron chi connectivity index (χ2n) is 4.66. The van der Waals surface area contributed by atoms with Crippen molar-refractivity contribution in [3.63, 3.8) is 0 Å². The lowest BCUT2D eigenvalue weighted by Crippen LogP contribution is -2.36. The number of aromatic nitrogens is 3. The molecule has 0 unspecified atom stereocenters. The number of carbonyl (C=O) groups excluding carboxylic acids is 1. The Morgan fingerprint density at radius 2 is 2.35 bits per heavy atom. The van der Waals surface area contributed by atoms with Crippen LogP contribution in [0, 0.1) is 12.8 Å². The molecule has 0 saturated heterocycles. The molecule has 1 aromatic heterocycles. The summed E-state index contributed by atoms with van der Waals surface area (Å²) in [6.07, 6.45) is 2.60. The van der Waals surface area contributed by atoms with Crippen LogP contribution in [0.15, 0.2) is 0 Å². The van der Waals surface area contributed by atoms with Crippen LogP contribution in [0.1, 0.15) is 24.5 Å². The van der Waals surface area contributed by atoms with Gasteiger partial charge in [0, 0.05) is 7.05 Å². The lowest BCUT2D eigenvalue weighted by Gasteiger charge is -2.15. The summed E-state index contributed by atoms with van der Waals surface area (Å²) >= 11 is 0. The molecular formula is C11H19N5O. The molecule has 1 aliphatic carbocycles. The number of H-pyrrole nitrogens is 1. The molecule has 6 nitrogen and oxygen atoms in total. The SMILES string of the molecule is Cc1nc(CN(C)C(=O)CNCC2CC2)n[nH]1. The average molecular weight is 237 g/mol. The van der Waals surface area contributed by atoms with E-state index in [9.17, 15) is 4.79 Å². The van der Waals surface area contributed by atoms with Crippen LogP contribution in [-0.4, -0.2) is 46.1 Å². The summed E-state index contributed by atoms with van der Waals surface area (Å²) < 4.78 is 0. The first-order valence-corrected chi connectivity index (χ1v) is 5.97. The Hall–Kier alpha value is -1.43. The number of amides is 1. The van der Waals surface area contributed by atoms with Crippen LogP contribution in [0.25, 0.3) is 0 Å². The Bertz CT molecular complexity index is 385. The Labute approximate surface area is 101 Å². The van der Waals surface area contributed by atoms with Crippen molar-refractivity contribution in [2.45, 2.75) is 26.3 Å². The Balaban J connectivity index is 1.70. The quantitative estimate of drug-likeness (QED) is 0.734. The molecule has 94 valence electrons. The van der Waals surface area contributed by atoms with Gasteiger partial charge in [-0.05, 0) is 32.2 Å². The highest BCUT2D eigenvalue weighted by molar-refractivity contribution is 5.77. The lowest BCUT2D eigenvalue weighted by atomic mass is 10.4. The molecule has 0 atom stereocenters. The molecule has 1 saturated carbocycles. The molecule has 17 heavy (non-hydrogen) atoms. The first-order chi connectivity index (χ1) is 8.15. The second kappa shape index (κ2) is 5.27. The Morgan fingerprint density at radius 1 is 1.59 bits per heavy atom. The second-order valence-corrected chi connectivity index (χ2v) is 4.66. The molecule has 0 spiro atoms. The molecule has 1 heterocycles. The van der Waals surface area contributed by atoms with Gasteiger partial charge < -0.3 is 10.2 Å². The highest BCUT2D eigenvalue weighted by Crippen LogP contribution is 2.27. The molecule has 1 aliphatic rings. The highest BCUT2D eigenvalue weighted by atomic mass is 16.2. The van der Waals surface area contributed by atoms with Crippen molar-refractivity contribution in [1.82, 2.24) is 25.4 Å². The maximum absolute atomic E-state index is 11.8. The number of nitrogens with zero attached hydrogens (tertiary/aromatic N) is 3. The van der Waals surface area contributed by atoms with E-state index in [1.54, 1.807) is 11.9 Å². The Kier molecular flexibility index (Phi) is 3.73. The van der Waals surface area contributed by atoms with E-state index >= 15 is 0 Å². The van der Waals surface area contributed by atoms with Crippen LogP contribution in [0.5, 0.6) is 0 Å². The third-order valence-electron chi connectivity index (χ3n) is 2.85. The molecule has 0 aromatic carbocycles. The zero-order valence-electron chi connectivity index (χ0n) is 10.4. The fraction of sp³-hybridized carbons (Fsp3) is 0.727.